The molecule has 2 aliphatic heterocycles. The molecule has 174 valence electrons. The van der Waals surface area contributed by atoms with Crippen LogP contribution in [-0.2, 0) is 11.2 Å². The number of halogens is 1. The van der Waals surface area contributed by atoms with Crippen LogP contribution in [-0.4, -0.2) is 17.6 Å². The molecule has 35 heavy (non-hydrogen) atoms. The molecule has 0 fully saturated rings. The second-order valence-electron chi connectivity index (χ2n) is 9.04. The first-order chi connectivity index (χ1) is 17.1. The third-order valence-corrected chi connectivity index (χ3v) is 7.40. The van der Waals surface area contributed by atoms with Gasteiger partial charge in [0.25, 0.3) is 0 Å². The fourth-order valence-electron chi connectivity index (χ4n) is 5.33. The number of amides is 1. The Morgan fingerprint density at radius 2 is 1.57 bits per heavy atom. The van der Waals surface area contributed by atoms with E-state index < -0.39 is 5.92 Å². The Kier molecular flexibility index (Phi) is 5.57. The summed E-state index contributed by atoms with van der Waals surface area (Å²) in [5, 5.41) is 11.0. The molecule has 0 aromatic heterocycles. The molecular weight excluding hydrogens is 502 g/mol. The molecule has 4 nitrogen and oxygen atoms in total. The quantitative estimate of drug-likeness (QED) is 0.320. The highest BCUT2D eigenvalue weighted by atomic mass is 79.9. The monoisotopic (exact) mass is 525 g/mol. The van der Waals surface area contributed by atoms with E-state index in [-0.39, 0.29) is 17.7 Å². The summed E-state index contributed by atoms with van der Waals surface area (Å²) in [6.07, 6.45) is 1.80. The summed E-state index contributed by atoms with van der Waals surface area (Å²) in [6.45, 7) is 0.646. The van der Waals surface area contributed by atoms with E-state index in [1.54, 1.807) is 6.07 Å². The van der Waals surface area contributed by atoms with Gasteiger partial charge in [-0.25, -0.2) is 0 Å². The number of benzene rings is 4. The second kappa shape index (κ2) is 8.90. The van der Waals surface area contributed by atoms with Gasteiger partial charge in [-0.15, -0.1) is 0 Å². The van der Waals surface area contributed by atoms with Crippen molar-refractivity contribution in [3.05, 3.63) is 123 Å². The minimum Gasteiger partial charge on any atom is -0.507 e. The molecule has 1 N–H and O–H groups in total. The number of aromatic hydroxyl groups is 1. The predicted octanol–water partition coefficient (Wildman–Crippen LogP) is 6.75. The highest BCUT2D eigenvalue weighted by molar-refractivity contribution is 9.10. The van der Waals surface area contributed by atoms with Crippen LogP contribution in [0.2, 0.25) is 0 Å². The Morgan fingerprint density at radius 3 is 2.26 bits per heavy atom. The molecule has 4 aromatic rings. The van der Waals surface area contributed by atoms with Crippen LogP contribution in [0, 0.1) is 0 Å². The van der Waals surface area contributed by atoms with Gasteiger partial charge in [0.05, 0.1) is 18.6 Å². The van der Waals surface area contributed by atoms with E-state index in [2.05, 4.69) is 40.2 Å². The smallest absolute Gasteiger partial charge is 0.240 e. The SMILES string of the molecule is O=C1C(c2cc3c(cc2O)OCCC3)c2cc(Br)ccc2N1C(c1ccccc1)c1ccccc1. The van der Waals surface area contributed by atoms with Gasteiger partial charge in [-0.2, -0.15) is 0 Å². The van der Waals surface area contributed by atoms with Crippen molar-refractivity contribution in [2.45, 2.75) is 24.8 Å². The van der Waals surface area contributed by atoms with Crippen molar-refractivity contribution in [1.29, 1.82) is 0 Å². The first-order valence-corrected chi connectivity index (χ1v) is 12.6. The lowest BCUT2D eigenvalue weighted by atomic mass is 9.89. The lowest BCUT2D eigenvalue weighted by Crippen LogP contribution is -2.34. The summed E-state index contributed by atoms with van der Waals surface area (Å²) in [6, 6.07) is 29.5. The summed E-state index contributed by atoms with van der Waals surface area (Å²) < 4.78 is 6.65. The molecule has 1 unspecified atom stereocenters. The zero-order valence-corrected chi connectivity index (χ0v) is 20.6. The number of carbonyl (C=O) groups is 1. The van der Waals surface area contributed by atoms with Gasteiger partial charge < -0.3 is 9.84 Å². The Bertz CT molecular complexity index is 1360. The summed E-state index contributed by atoms with van der Waals surface area (Å²) in [4.78, 5) is 16.2. The summed E-state index contributed by atoms with van der Waals surface area (Å²) in [5.74, 6) is 0.140. The highest BCUT2D eigenvalue weighted by Crippen LogP contribution is 2.50. The molecule has 0 aliphatic carbocycles. The van der Waals surface area contributed by atoms with Gasteiger partial charge in [-0.3, -0.25) is 9.69 Å². The highest BCUT2D eigenvalue weighted by Gasteiger charge is 2.44. The topological polar surface area (TPSA) is 49.8 Å². The number of nitrogens with zero attached hydrogens (tertiary/aromatic N) is 1. The summed E-state index contributed by atoms with van der Waals surface area (Å²) in [5.41, 5.74) is 5.47. The summed E-state index contributed by atoms with van der Waals surface area (Å²) in [7, 11) is 0. The van der Waals surface area contributed by atoms with Crippen molar-refractivity contribution in [3.8, 4) is 11.5 Å². The minimum absolute atomic E-state index is 0.0530. The lowest BCUT2D eigenvalue weighted by molar-refractivity contribution is -0.118. The first-order valence-electron chi connectivity index (χ1n) is 11.8. The average molecular weight is 526 g/mol. The molecular formula is C30H24BrNO3. The Labute approximate surface area is 212 Å². The standard InChI is InChI=1S/C30H24BrNO3/c31-22-13-14-25-23(17-22)28(24-16-21-12-7-15-35-27(21)18-26(24)33)30(34)32(25)29(19-8-3-1-4-9-19)20-10-5-2-6-11-20/h1-6,8-11,13-14,16-18,28-29,33H,7,12,15H2. The number of fused-ring (bicyclic) bond motifs is 2. The van der Waals surface area contributed by atoms with Crippen LogP contribution >= 0.6 is 15.9 Å². The van der Waals surface area contributed by atoms with E-state index in [1.165, 1.54) is 0 Å². The van der Waals surface area contributed by atoms with Crippen LogP contribution in [0.3, 0.4) is 0 Å². The number of phenolic OH excluding ortho intramolecular Hbond substituents is 1. The molecule has 4 aromatic carbocycles. The van der Waals surface area contributed by atoms with E-state index in [0.717, 1.165) is 45.3 Å². The van der Waals surface area contributed by atoms with Gasteiger partial charge in [-0.1, -0.05) is 76.6 Å². The number of aryl methyl sites for hydroxylation is 1. The maximum absolute atomic E-state index is 14.4. The number of hydrogen-bond donors (Lipinski definition) is 1. The van der Waals surface area contributed by atoms with Gasteiger partial charge in [0.15, 0.2) is 0 Å². The molecule has 1 amide bonds. The number of ether oxygens (including phenoxy) is 1. The van der Waals surface area contributed by atoms with Crippen LogP contribution in [0.1, 0.15) is 46.2 Å². The molecule has 1 atom stereocenters. The number of phenols is 1. The second-order valence-corrected chi connectivity index (χ2v) is 9.95. The van der Waals surface area contributed by atoms with E-state index in [1.807, 2.05) is 65.6 Å². The average Bonchev–Trinajstić information content (AvgIpc) is 3.16. The minimum atomic E-state index is -0.607. The van der Waals surface area contributed by atoms with Crippen molar-refractivity contribution < 1.29 is 14.6 Å². The third-order valence-electron chi connectivity index (χ3n) is 6.90. The maximum Gasteiger partial charge on any atom is 0.240 e. The third kappa shape index (κ3) is 3.80. The van der Waals surface area contributed by atoms with E-state index in [0.29, 0.717) is 17.9 Å². The van der Waals surface area contributed by atoms with Crippen molar-refractivity contribution >= 4 is 27.5 Å². The first kappa shape index (κ1) is 21.9. The Hall–Kier alpha value is -3.57. The van der Waals surface area contributed by atoms with E-state index >= 15 is 0 Å². The van der Waals surface area contributed by atoms with Gasteiger partial charge in [0, 0.05) is 21.8 Å². The zero-order chi connectivity index (χ0) is 23.9. The fraction of sp³-hybridized carbons (Fsp3) is 0.167. The van der Waals surface area contributed by atoms with Crippen LogP contribution < -0.4 is 9.64 Å². The van der Waals surface area contributed by atoms with Crippen LogP contribution in [0.4, 0.5) is 5.69 Å². The lowest BCUT2D eigenvalue weighted by Gasteiger charge is -2.30. The predicted molar refractivity (Wildman–Crippen MR) is 140 cm³/mol. The van der Waals surface area contributed by atoms with Crippen molar-refractivity contribution in [2.75, 3.05) is 11.5 Å². The Balaban J connectivity index is 1.54. The number of hydrogen-bond acceptors (Lipinski definition) is 3. The normalized spacial score (nSPS) is 16.7. The molecule has 0 bridgehead atoms. The van der Waals surface area contributed by atoms with E-state index in [9.17, 15) is 9.90 Å². The van der Waals surface area contributed by atoms with Crippen LogP contribution in [0.5, 0.6) is 11.5 Å². The van der Waals surface area contributed by atoms with Gasteiger partial charge in [0.1, 0.15) is 11.5 Å². The molecule has 0 radical (unpaired) electrons. The number of carbonyl (C=O) groups excluding carboxylic acids is 1. The molecule has 0 saturated carbocycles. The maximum atomic E-state index is 14.4. The van der Waals surface area contributed by atoms with E-state index in [4.69, 9.17) is 4.74 Å². The van der Waals surface area contributed by atoms with Gasteiger partial charge in [0.2, 0.25) is 5.91 Å². The van der Waals surface area contributed by atoms with Crippen LogP contribution in [0.25, 0.3) is 0 Å². The largest absolute Gasteiger partial charge is 0.507 e. The molecule has 0 spiro atoms. The van der Waals surface area contributed by atoms with Crippen molar-refractivity contribution in [1.82, 2.24) is 0 Å². The molecule has 2 heterocycles. The summed E-state index contributed by atoms with van der Waals surface area (Å²) >= 11 is 3.60. The van der Waals surface area contributed by atoms with Crippen molar-refractivity contribution in [3.63, 3.8) is 0 Å². The number of anilines is 1. The van der Waals surface area contributed by atoms with Crippen LogP contribution in [0.15, 0.2) is 95.5 Å². The molecule has 0 saturated heterocycles. The van der Waals surface area contributed by atoms with Gasteiger partial charge >= 0.3 is 0 Å². The van der Waals surface area contributed by atoms with Gasteiger partial charge in [-0.05, 0) is 59.4 Å². The fourth-order valence-corrected chi connectivity index (χ4v) is 5.71. The van der Waals surface area contributed by atoms with Crippen molar-refractivity contribution in [2.24, 2.45) is 0 Å². The zero-order valence-electron chi connectivity index (χ0n) is 19.0. The molecule has 5 heteroatoms. The Morgan fingerprint density at radius 1 is 0.886 bits per heavy atom. The molecule has 6 rings (SSSR count). The molecule has 2 aliphatic rings. The number of rotatable bonds is 4.